The Bertz CT molecular complexity index is 924. The van der Waals surface area contributed by atoms with Crippen LogP contribution in [0.4, 0.5) is 5.95 Å². The maximum absolute atomic E-state index is 13.1. The number of fused-ring (bicyclic) bond motifs is 1. The molecule has 0 aliphatic carbocycles. The van der Waals surface area contributed by atoms with E-state index in [0.717, 1.165) is 10.9 Å². The van der Waals surface area contributed by atoms with E-state index < -0.39 is 0 Å². The van der Waals surface area contributed by atoms with Crippen LogP contribution < -0.4 is 9.64 Å². The molecule has 132 valence electrons. The summed E-state index contributed by atoms with van der Waals surface area (Å²) in [6.45, 7) is 2.68. The molecule has 2 aromatic heterocycles. The number of aromatic nitrogens is 3. The van der Waals surface area contributed by atoms with Gasteiger partial charge in [-0.2, -0.15) is 0 Å². The third-order valence-electron chi connectivity index (χ3n) is 4.58. The molecule has 0 unspecified atom stereocenters. The van der Waals surface area contributed by atoms with Gasteiger partial charge in [-0.15, -0.1) is 0 Å². The second-order valence-corrected chi connectivity index (χ2v) is 6.07. The van der Waals surface area contributed by atoms with E-state index in [1.54, 1.807) is 37.8 Å². The zero-order chi connectivity index (χ0) is 17.9. The molecule has 7 nitrogen and oxygen atoms in total. The van der Waals surface area contributed by atoms with Gasteiger partial charge in [0.25, 0.3) is 5.91 Å². The minimum Gasteiger partial charge on any atom is -0.497 e. The van der Waals surface area contributed by atoms with E-state index >= 15 is 0 Å². The van der Waals surface area contributed by atoms with Gasteiger partial charge in [0.2, 0.25) is 5.95 Å². The van der Waals surface area contributed by atoms with E-state index in [4.69, 9.17) is 4.74 Å². The molecule has 1 aliphatic heterocycles. The number of carbonyl (C=O) groups is 1. The third-order valence-corrected chi connectivity index (χ3v) is 4.58. The molecule has 3 heterocycles. The molecule has 1 aliphatic rings. The summed E-state index contributed by atoms with van der Waals surface area (Å²) in [4.78, 5) is 29.9. The highest BCUT2D eigenvalue weighted by Crippen LogP contribution is 2.24. The molecule has 7 heteroatoms. The van der Waals surface area contributed by atoms with Crippen LogP contribution in [-0.4, -0.2) is 59.0 Å². The number of hydrogen-bond acceptors (Lipinski definition) is 6. The summed E-state index contributed by atoms with van der Waals surface area (Å²) in [5.41, 5.74) is 1.44. The van der Waals surface area contributed by atoms with E-state index in [1.165, 1.54) is 0 Å². The average molecular weight is 349 g/mol. The largest absolute Gasteiger partial charge is 0.497 e. The number of nitrogens with zero attached hydrogens (tertiary/aromatic N) is 5. The number of amides is 1. The SMILES string of the molecule is COc1ccc2nccc(C(=O)N3CCN(c4ncccn4)CC3)c2c1. The highest BCUT2D eigenvalue weighted by molar-refractivity contribution is 6.06. The van der Waals surface area contributed by atoms with Crippen molar-refractivity contribution in [3.05, 3.63) is 54.5 Å². The molecule has 1 fully saturated rings. The van der Waals surface area contributed by atoms with Crippen molar-refractivity contribution in [1.82, 2.24) is 19.9 Å². The molecule has 3 aromatic rings. The van der Waals surface area contributed by atoms with Gasteiger partial charge in [0.1, 0.15) is 5.75 Å². The molecule has 1 aromatic carbocycles. The summed E-state index contributed by atoms with van der Waals surface area (Å²) in [6.07, 6.45) is 5.14. The van der Waals surface area contributed by atoms with E-state index in [1.807, 2.05) is 23.1 Å². The van der Waals surface area contributed by atoms with Gasteiger partial charge in [-0.1, -0.05) is 0 Å². The minimum atomic E-state index is 0.0132. The van der Waals surface area contributed by atoms with Gasteiger partial charge >= 0.3 is 0 Å². The topological polar surface area (TPSA) is 71.5 Å². The summed E-state index contributed by atoms with van der Waals surface area (Å²) < 4.78 is 5.29. The zero-order valence-electron chi connectivity index (χ0n) is 14.5. The predicted molar refractivity (Wildman–Crippen MR) is 98.4 cm³/mol. The Balaban J connectivity index is 1.55. The molecule has 26 heavy (non-hydrogen) atoms. The Kier molecular flexibility index (Phi) is 4.35. The number of ether oxygens (including phenoxy) is 1. The summed E-state index contributed by atoms with van der Waals surface area (Å²) in [7, 11) is 1.61. The number of methoxy groups -OCH3 is 1. The van der Waals surface area contributed by atoms with Crippen LogP contribution in [0.15, 0.2) is 48.9 Å². The molecule has 0 radical (unpaired) electrons. The normalized spacial score (nSPS) is 14.5. The monoisotopic (exact) mass is 349 g/mol. The van der Waals surface area contributed by atoms with Crippen LogP contribution in [0.1, 0.15) is 10.4 Å². The molecule has 0 saturated carbocycles. The van der Waals surface area contributed by atoms with E-state index in [9.17, 15) is 4.79 Å². The fourth-order valence-electron chi connectivity index (χ4n) is 3.17. The average Bonchev–Trinajstić information content (AvgIpc) is 2.73. The lowest BCUT2D eigenvalue weighted by atomic mass is 10.1. The number of piperazine rings is 1. The van der Waals surface area contributed by atoms with Gasteiger partial charge in [-0.25, -0.2) is 9.97 Å². The molecule has 1 saturated heterocycles. The number of benzene rings is 1. The summed E-state index contributed by atoms with van der Waals surface area (Å²) in [6, 6.07) is 9.16. The molecule has 0 bridgehead atoms. The van der Waals surface area contributed by atoms with Gasteiger partial charge < -0.3 is 14.5 Å². The van der Waals surface area contributed by atoms with Crippen LogP contribution in [0, 0.1) is 0 Å². The molecule has 0 spiro atoms. The van der Waals surface area contributed by atoms with Crippen LogP contribution >= 0.6 is 0 Å². The van der Waals surface area contributed by atoms with Crippen molar-refractivity contribution in [1.29, 1.82) is 0 Å². The lowest BCUT2D eigenvalue weighted by molar-refractivity contribution is 0.0748. The minimum absolute atomic E-state index is 0.0132. The lowest BCUT2D eigenvalue weighted by Crippen LogP contribution is -2.49. The van der Waals surface area contributed by atoms with Gasteiger partial charge in [0.05, 0.1) is 18.2 Å². The van der Waals surface area contributed by atoms with Gasteiger partial charge in [-0.3, -0.25) is 9.78 Å². The highest BCUT2D eigenvalue weighted by Gasteiger charge is 2.24. The van der Waals surface area contributed by atoms with Crippen molar-refractivity contribution in [3.63, 3.8) is 0 Å². The van der Waals surface area contributed by atoms with Crippen molar-refractivity contribution in [2.24, 2.45) is 0 Å². The van der Waals surface area contributed by atoms with Crippen LogP contribution in [0.25, 0.3) is 10.9 Å². The lowest BCUT2D eigenvalue weighted by Gasteiger charge is -2.34. The summed E-state index contributed by atoms with van der Waals surface area (Å²) in [5.74, 6) is 1.43. The van der Waals surface area contributed by atoms with Crippen LogP contribution in [0.5, 0.6) is 5.75 Å². The van der Waals surface area contributed by atoms with Gasteiger partial charge in [-0.05, 0) is 30.3 Å². The standard InChI is InChI=1S/C19H19N5O2/c1-26-14-3-4-17-16(13-14)15(5-8-20-17)18(25)23-9-11-24(12-10-23)19-21-6-2-7-22-19/h2-8,13H,9-12H2,1H3. The van der Waals surface area contributed by atoms with Crippen molar-refractivity contribution >= 4 is 22.8 Å². The smallest absolute Gasteiger partial charge is 0.254 e. The van der Waals surface area contributed by atoms with Gasteiger partial charge in [0, 0.05) is 50.2 Å². The fraction of sp³-hybridized carbons (Fsp3) is 0.263. The maximum atomic E-state index is 13.1. The van der Waals surface area contributed by atoms with Crippen LogP contribution in [-0.2, 0) is 0 Å². The molecule has 0 atom stereocenters. The highest BCUT2D eigenvalue weighted by atomic mass is 16.5. The Hall–Kier alpha value is -3.22. The summed E-state index contributed by atoms with van der Waals surface area (Å²) in [5, 5.41) is 0.811. The zero-order valence-corrected chi connectivity index (χ0v) is 14.5. The molecule has 0 N–H and O–H groups in total. The number of anilines is 1. The van der Waals surface area contributed by atoms with E-state index in [-0.39, 0.29) is 5.91 Å². The first kappa shape index (κ1) is 16.3. The van der Waals surface area contributed by atoms with Crippen LogP contribution in [0.2, 0.25) is 0 Å². The number of pyridine rings is 1. The van der Waals surface area contributed by atoms with E-state index in [0.29, 0.717) is 43.4 Å². The number of carbonyl (C=O) groups excluding carboxylic acids is 1. The second kappa shape index (κ2) is 6.95. The Morgan fingerprint density at radius 1 is 1.00 bits per heavy atom. The first-order valence-electron chi connectivity index (χ1n) is 8.50. The Morgan fingerprint density at radius 3 is 2.50 bits per heavy atom. The molecule has 1 amide bonds. The molecule has 4 rings (SSSR count). The van der Waals surface area contributed by atoms with E-state index in [2.05, 4.69) is 19.9 Å². The van der Waals surface area contributed by atoms with Gasteiger partial charge in [0.15, 0.2) is 0 Å². The van der Waals surface area contributed by atoms with Crippen molar-refractivity contribution in [2.45, 2.75) is 0 Å². The molecular formula is C19H19N5O2. The molecular weight excluding hydrogens is 330 g/mol. The number of hydrogen-bond donors (Lipinski definition) is 0. The van der Waals surface area contributed by atoms with Crippen molar-refractivity contribution in [2.75, 3.05) is 38.2 Å². The second-order valence-electron chi connectivity index (χ2n) is 6.07. The first-order chi connectivity index (χ1) is 12.8. The quantitative estimate of drug-likeness (QED) is 0.720. The van der Waals surface area contributed by atoms with Crippen LogP contribution in [0.3, 0.4) is 0 Å². The Morgan fingerprint density at radius 2 is 1.77 bits per heavy atom. The third kappa shape index (κ3) is 3.03. The maximum Gasteiger partial charge on any atom is 0.254 e. The predicted octanol–water partition coefficient (Wildman–Crippen LogP) is 2.00. The Labute approximate surface area is 151 Å². The number of rotatable bonds is 3. The van der Waals surface area contributed by atoms with Crippen molar-refractivity contribution in [3.8, 4) is 5.75 Å². The fourth-order valence-corrected chi connectivity index (χ4v) is 3.17. The first-order valence-corrected chi connectivity index (χ1v) is 8.50. The summed E-state index contributed by atoms with van der Waals surface area (Å²) >= 11 is 0. The van der Waals surface area contributed by atoms with Crippen molar-refractivity contribution < 1.29 is 9.53 Å².